The smallest absolute Gasteiger partial charge is 0.310 e. The average molecular weight is 268 g/mol. The molecule has 0 bridgehead atoms. The molecule has 0 aromatic carbocycles. The quantitative estimate of drug-likeness (QED) is 0.847. The van der Waals surface area contributed by atoms with Gasteiger partial charge in [-0.05, 0) is 46.1 Å². The molecule has 2 heterocycles. The van der Waals surface area contributed by atoms with E-state index in [2.05, 4.69) is 23.6 Å². The Morgan fingerprint density at radius 3 is 2.68 bits per heavy atom. The average Bonchev–Trinajstić information content (AvgIpc) is 2.88. The first-order valence-corrected chi connectivity index (χ1v) is 7.70. The SMILES string of the molecule is CCC1(C(=O)O)CCCN(C2CCN(C(C)C)C2)C1. The summed E-state index contributed by atoms with van der Waals surface area (Å²) in [6.07, 6.45) is 3.81. The zero-order valence-corrected chi connectivity index (χ0v) is 12.6. The molecule has 2 rings (SSSR count). The maximum atomic E-state index is 11.6. The number of nitrogens with zero attached hydrogens (tertiary/aromatic N) is 2. The first-order valence-electron chi connectivity index (χ1n) is 7.70. The van der Waals surface area contributed by atoms with Gasteiger partial charge in [-0.25, -0.2) is 0 Å². The lowest BCUT2D eigenvalue weighted by molar-refractivity contribution is -0.153. The number of carboxylic acid groups (broad SMARTS) is 1. The van der Waals surface area contributed by atoms with Crippen LogP contribution in [0.25, 0.3) is 0 Å². The molecule has 0 aliphatic carbocycles. The molecule has 2 aliphatic rings. The minimum absolute atomic E-state index is 0.497. The first kappa shape index (κ1) is 14.8. The Morgan fingerprint density at radius 1 is 1.42 bits per heavy atom. The van der Waals surface area contributed by atoms with E-state index in [1.54, 1.807) is 0 Å². The van der Waals surface area contributed by atoms with Crippen molar-refractivity contribution in [2.75, 3.05) is 26.2 Å². The van der Waals surface area contributed by atoms with E-state index in [1.807, 2.05) is 6.92 Å². The highest BCUT2D eigenvalue weighted by Crippen LogP contribution is 2.35. The van der Waals surface area contributed by atoms with Gasteiger partial charge in [0.25, 0.3) is 0 Å². The van der Waals surface area contributed by atoms with Crippen LogP contribution in [0.15, 0.2) is 0 Å². The Balaban J connectivity index is 2.00. The minimum Gasteiger partial charge on any atom is -0.481 e. The molecule has 2 aliphatic heterocycles. The van der Waals surface area contributed by atoms with Crippen molar-refractivity contribution in [3.63, 3.8) is 0 Å². The number of aliphatic carboxylic acids is 1. The number of carboxylic acids is 1. The first-order chi connectivity index (χ1) is 8.98. The minimum atomic E-state index is -0.599. The van der Waals surface area contributed by atoms with Crippen LogP contribution in [0.1, 0.15) is 46.5 Å². The second kappa shape index (κ2) is 5.80. The van der Waals surface area contributed by atoms with Crippen molar-refractivity contribution in [2.24, 2.45) is 5.41 Å². The highest BCUT2D eigenvalue weighted by molar-refractivity contribution is 5.75. The molecule has 0 amide bonds. The van der Waals surface area contributed by atoms with Crippen molar-refractivity contribution in [3.8, 4) is 0 Å². The van der Waals surface area contributed by atoms with Crippen LogP contribution in [0.2, 0.25) is 0 Å². The van der Waals surface area contributed by atoms with Gasteiger partial charge in [-0.1, -0.05) is 6.92 Å². The molecule has 0 aromatic rings. The van der Waals surface area contributed by atoms with Gasteiger partial charge in [0, 0.05) is 31.7 Å². The predicted molar refractivity (Wildman–Crippen MR) is 76.3 cm³/mol. The van der Waals surface area contributed by atoms with E-state index in [9.17, 15) is 9.90 Å². The molecular formula is C15H28N2O2. The van der Waals surface area contributed by atoms with Gasteiger partial charge < -0.3 is 5.11 Å². The molecule has 4 nitrogen and oxygen atoms in total. The molecule has 0 saturated carbocycles. The van der Waals surface area contributed by atoms with Crippen molar-refractivity contribution in [3.05, 3.63) is 0 Å². The monoisotopic (exact) mass is 268 g/mol. The lowest BCUT2D eigenvalue weighted by atomic mass is 9.77. The highest BCUT2D eigenvalue weighted by atomic mass is 16.4. The lowest BCUT2D eigenvalue weighted by Gasteiger charge is -2.42. The van der Waals surface area contributed by atoms with E-state index >= 15 is 0 Å². The fraction of sp³-hybridized carbons (Fsp3) is 0.933. The molecule has 2 fully saturated rings. The van der Waals surface area contributed by atoms with Crippen molar-refractivity contribution in [1.29, 1.82) is 0 Å². The van der Waals surface area contributed by atoms with Gasteiger partial charge in [0.2, 0.25) is 0 Å². The van der Waals surface area contributed by atoms with Crippen LogP contribution in [-0.4, -0.2) is 59.1 Å². The molecule has 2 unspecified atom stereocenters. The van der Waals surface area contributed by atoms with Crippen molar-refractivity contribution < 1.29 is 9.90 Å². The Bertz CT molecular complexity index is 332. The van der Waals surface area contributed by atoms with Crippen LogP contribution in [-0.2, 0) is 4.79 Å². The lowest BCUT2D eigenvalue weighted by Crippen LogP contribution is -2.51. The van der Waals surface area contributed by atoms with Crippen molar-refractivity contribution >= 4 is 5.97 Å². The highest BCUT2D eigenvalue weighted by Gasteiger charge is 2.43. The summed E-state index contributed by atoms with van der Waals surface area (Å²) in [6, 6.07) is 1.16. The van der Waals surface area contributed by atoms with Gasteiger partial charge in [0.15, 0.2) is 0 Å². The predicted octanol–water partition coefficient (Wildman–Crippen LogP) is 2.05. The zero-order chi connectivity index (χ0) is 14.0. The van der Waals surface area contributed by atoms with E-state index in [1.165, 1.54) is 6.42 Å². The summed E-state index contributed by atoms with van der Waals surface area (Å²) in [6.45, 7) is 10.6. The number of rotatable bonds is 4. The normalized spacial score (nSPS) is 34.0. The maximum absolute atomic E-state index is 11.6. The van der Waals surface area contributed by atoms with Crippen LogP contribution in [0, 0.1) is 5.41 Å². The summed E-state index contributed by atoms with van der Waals surface area (Å²) >= 11 is 0. The Kier molecular flexibility index (Phi) is 4.51. The Labute approximate surface area is 116 Å². The third-order valence-corrected chi connectivity index (χ3v) is 5.18. The second-order valence-corrected chi connectivity index (χ2v) is 6.54. The zero-order valence-electron chi connectivity index (χ0n) is 12.6. The summed E-state index contributed by atoms with van der Waals surface area (Å²) in [5.74, 6) is -0.599. The van der Waals surface area contributed by atoms with E-state index in [-0.39, 0.29) is 0 Å². The molecule has 0 spiro atoms. The van der Waals surface area contributed by atoms with Gasteiger partial charge in [0.1, 0.15) is 0 Å². The Hall–Kier alpha value is -0.610. The standard InChI is InChI=1S/C15H28N2O2/c1-4-15(14(18)19)7-5-8-17(11-15)13-6-9-16(10-13)12(2)3/h12-13H,4-11H2,1-3H3,(H,18,19). The number of piperidine rings is 1. The van der Waals surface area contributed by atoms with Gasteiger partial charge in [0.05, 0.1) is 5.41 Å². The number of carbonyl (C=O) groups is 1. The molecule has 2 atom stereocenters. The largest absolute Gasteiger partial charge is 0.481 e. The molecule has 0 aromatic heterocycles. The summed E-state index contributed by atoms with van der Waals surface area (Å²) in [5, 5.41) is 9.55. The molecule has 4 heteroatoms. The van der Waals surface area contributed by atoms with Crippen LogP contribution < -0.4 is 0 Å². The summed E-state index contributed by atoms with van der Waals surface area (Å²) < 4.78 is 0. The van der Waals surface area contributed by atoms with E-state index in [0.29, 0.717) is 12.1 Å². The molecular weight excluding hydrogens is 240 g/mol. The van der Waals surface area contributed by atoms with Crippen LogP contribution in [0.5, 0.6) is 0 Å². The molecule has 110 valence electrons. The second-order valence-electron chi connectivity index (χ2n) is 6.54. The van der Waals surface area contributed by atoms with Gasteiger partial charge in [-0.2, -0.15) is 0 Å². The van der Waals surface area contributed by atoms with Crippen LogP contribution in [0.4, 0.5) is 0 Å². The van der Waals surface area contributed by atoms with Crippen molar-refractivity contribution in [1.82, 2.24) is 9.80 Å². The number of likely N-dealkylation sites (tertiary alicyclic amines) is 2. The van der Waals surface area contributed by atoms with Crippen molar-refractivity contribution in [2.45, 2.75) is 58.5 Å². The third kappa shape index (κ3) is 2.95. The van der Waals surface area contributed by atoms with Gasteiger partial charge in [-0.15, -0.1) is 0 Å². The van der Waals surface area contributed by atoms with Crippen LogP contribution in [0.3, 0.4) is 0 Å². The summed E-state index contributed by atoms with van der Waals surface area (Å²) in [7, 11) is 0. The van der Waals surface area contributed by atoms with Crippen LogP contribution >= 0.6 is 0 Å². The topological polar surface area (TPSA) is 43.8 Å². The van der Waals surface area contributed by atoms with E-state index < -0.39 is 11.4 Å². The fourth-order valence-corrected chi connectivity index (χ4v) is 3.63. The van der Waals surface area contributed by atoms with E-state index in [0.717, 1.165) is 45.4 Å². The van der Waals surface area contributed by atoms with E-state index in [4.69, 9.17) is 0 Å². The Morgan fingerprint density at radius 2 is 2.16 bits per heavy atom. The fourth-order valence-electron chi connectivity index (χ4n) is 3.63. The summed E-state index contributed by atoms with van der Waals surface area (Å²) in [4.78, 5) is 16.6. The van der Waals surface area contributed by atoms with Gasteiger partial charge in [-0.3, -0.25) is 14.6 Å². The molecule has 19 heavy (non-hydrogen) atoms. The number of hydrogen-bond donors (Lipinski definition) is 1. The molecule has 0 radical (unpaired) electrons. The maximum Gasteiger partial charge on any atom is 0.310 e. The summed E-state index contributed by atoms with van der Waals surface area (Å²) in [5.41, 5.74) is -0.497. The van der Waals surface area contributed by atoms with Gasteiger partial charge >= 0.3 is 5.97 Å². The number of hydrogen-bond acceptors (Lipinski definition) is 3. The molecule has 2 saturated heterocycles. The molecule has 1 N–H and O–H groups in total. The third-order valence-electron chi connectivity index (χ3n) is 5.18.